The fourth-order valence-electron chi connectivity index (χ4n) is 4.75. The summed E-state index contributed by atoms with van der Waals surface area (Å²) in [6.07, 6.45) is 5.33. The minimum absolute atomic E-state index is 0. The first-order chi connectivity index (χ1) is 14.5. The highest BCUT2D eigenvalue weighted by Crippen LogP contribution is 2.32. The maximum absolute atomic E-state index is 5.52. The van der Waals surface area contributed by atoms with E-state index in [0.29, 0.717) is 24.9 Å². The van der Waals surface area contributed by atoms with E-state index in [4.69, 9.17) is 9.26 Å². The first-order valence-corrected chi connectivity index (χ1v) is 11.7. The molecule has 1 saturated carbocycles. The molecule has 1 aromatic rings. The topological polar surface area (TPSA) is 79.0 Å². The Hall–Kier alpha value is -0.940. The number of hydrogen-bond acceptors (Lipinski definition) is 6. The number of piperazine rings is 1. The molecule has 0 spiro atoms. The van der Waals surface area contributed by atoms with E-state index in [-0.39, 0.29) is 30.1 Å². The molecule has 9 heteroatoms. The van der Waals surface area contributed by atoms with Gasteiger partial charge in [-0.05, 0) is 51.4 Å². The van der Waals surface area contributed by atoms with Crippen molar-refractivity contribution in [2.75, 3.05) is 39.8 Å². The third-order valence-corrected chi connectivity index (χ3v) is 6.69. The lowest BCUT2D eigenvalue weighted by molar-refractivity contribution is 0.0683. The van der Waals surface area contributed by atoms with Gasteiger partial charge in [-0.1, -0.05) is 19.0 Å². The molecule has 0 amide bonds. The average molecular weight is 549 g/mol. The number of aromatic nitrogens is 2. The summed E-state index contributed by atoms with van der Waals surface area (Å²) in [6, 6.07) is 0.765. The Morgan fingerprint density at radius 2 is 1.84 bits per heavy atom. The van der Waals surface area contributed by atoms with Gasteiger partial charge in [-0.25, -0.2) is 0 Å². The van der Waals surface area contributed by atoms with Gasteiger partial charge in [0.1, 0.15) is 6.10 Å². The molecule has 2 fully saturated rings. The molecule has 1 aliphatic carbocycles. The van der Waals surface area contributed by atoms with Crippen molar-refractivity contribution in [1.29, 1.82) is 0 Å². The third-order valence-electron chi connectivity index (χ3n) is 6.69. The minimum atomic E-state index is -0.157. The summed E-state index contributed by atoms with van der Waals surface area (Å²) in [7, 11) is 1.83. The van der Waals surface area contributed by atoms with Gasteiger partial charge in [0, 0.05) is 45.9 Å². The number of aliphatic imine (C=N–C) groups is 1. The van der Waals surface area contributed by atoms with Crippen molar-refractivity contribution in [1.82, 2.24) is 25.3 Å². The van der Waals surface area contributed by atoms with E-state index in [1.165, 1.54) is 25.7 Å². The summed E-state index contributed by atoms with van der Waals surface area (Å²) in [5.41, 5.74) is 0. The number of guanidine groups is 1. The summed E-state index contributed by atoms with van der Waals surface area (Å²) in [6.45, 7) is 13.9. The van der Waals surface area contributed by atoms with Crippen LogP contribution in [0, 0.1) is 11.8 Å². The van der Waals surface area contributed by atoms with E-state index < -0.39 is 0 Å². The van der Waals surface area contributed by atoms with Crippen LogP contribution in [0.2, 0.25) is 0 Å². The van der Waals surface area contributed by atoms with Crippen molar-refractivity contribution in [2.24, 2.45) is 16.8 Å². The monoisotopic (exact) mass is 548 g/mol. The van der Waals surface area contributed by atoms with Gasteiger partial charge in [-0.3, -0.25) is 9.89 Å². The van der Waals surface area contributed by atoms with Crippen LogP contribution in [-0.2, 0) is 11.3 Å². The number of ether oxygens (including phenoxy) is 1. The molecule has 31 heavy (non-hydrogen) atoms. The Morgan fingerprint density at radius 1 is 1.16 bits per heavy atom. The number of nitrogens with zero attached hydrogens (tertiary/aromatic N) is 5. The molecular weight excluding hydrogens is 507 g/mol. The van der Waals surface area contributed by atoms with Gasteiger partial charge in [0.25, 0.3) is 0 Å². The van der Waals surface area contributed by atoms with Crippen LogP contribution < -0.4 is 5.32 Å². The summed E-state index contributed by atoms with van der Waals surface area (Å²) >= 11 is 0. The maximum Gasteiger partial charge on any atom is 0.246 e. The van der Waals surface area contributed by atoms with Crippen LogP contribution in [0.4, 0.5) is 0 Å². The molecule has 0 aromatic carbocycles. The molecule has 2 aliphatic rings. The van der Waals surface area contributed by atoms with E-state index in [9.17, 15) is 0 Å². The van der Waals surface area contributed by atoms with Crippen molar-refractivity contribution < 1.29 is 9.26 Å². The van der Waals surface area contributed by atoms with Gasteiger partial charge < -0.3 is 19.5 Å². The van der Waals surface area contributed by atoms with Gasteiger partial charge in [0.05, 0.1) is 6.54 Å². The summed E-state index contributed by atoms with van der Waals surface area (Å²) in [5.74, 6) is 3.79. The highest BCUT2D eigenvalue weighted by Gasteiger charge is 2.30. The van der Waals surface area contributed by atoms with Crippen molar-refractivity contribution in [3.8, 4) is 0 Å². The Morgan fingerprint density at radius 3 is 2.42 bits per heavy atom. The highest BCUT2D eigenvalue weighted by molar-refractivity contribution is 14.0. The van der Waals surface area contributed by atoms with E-state index in [1.54, 1.807) is 0 Å². The molecule has 1 aliphatic heterocycles. The Balaban J connectivity index is 0.00000341. The van der Waals surface area contributed by atoms with Crippen LogP contribution in [-0.4, -0.2) is 71.8 Å². The summed E-state index contributed by atoms with van der Waals surface area (Å²) in [4.78, 5) is 13.9. The molecule has 0 bridgehead atoms. The zero-order chi connectivity index (χ0) is 21.5. The average Bonchev–Trinajstić information content (AvgIpc) is 3.24. The third kappa shape index (κ3) is 7.28. The molecule has 1 unspecified atom stereocenters. The van der Waals surface area contributed by atoms with Crippen LogP contribution in [0.25, 0.3) is 0 Å². The fourth-order valence-corrected chi connectivity index (χ4v) is 4.75. The molecule has 1 N–H and O–H groups in total. The van der Waals surface area contributed by atoms with Gasteiger partial charge in [0.15, 0.2) is 11.8 Å². The molecule has 1 aromatic heterocycles. The standard InChI is InChI=1S/C22H40N6O2.HI/c1-6-29-17(4)21-25-20(30-26-21)15-24-22(23-5)28-13-11-27(12-14-28)19-9-7-18(8-10-19)16(2)3;/h16-19H,6-15H2,1-5H3,(H,23,24);1H. The Labute approximate surface area is 204 Å². The van der Waals surface area contributed by atoms with Crippen molar-refractivity contribution in [3.63, 3.8) is 0 Å². The smallest absolute Gasteiger partial charge is 0.246 e. The van der Waals surface area contributed by atoms with Crippen LogP contribution in [0.15, 0.2) is 9.52 Å². The number of hydrogen-bond donors (Lipinski definition) is 1. The molecule has 2 heterocycles. The van der Waals surface area contributed by atoms with Gasteiger partial charge in [-0.15, -0.1) is 24.0 Å². The SMILES string of the molecule is CCOC(C)c1noc(CNC(=NC)N2CCN(C3CCC(C(C)C)CC3)CC2)n1.I. The Bertz CT molecular complexity index is 667. The number of nitrogens with one attached hydrogen (secondary N) is 1. The maximum atomic E-state index is 5.52. The van der Waals surface area contributed by atoms with Gasteiger partial charge in [-0.2, -0.15) is 4.98 Å². The molecule has 1 atom stereocenters. The molecular formula is C22H41IN6O2. The quantitative estimate of drug-likeness (QED) is 0.316. The van der Waals surface area contributed by atoms with E-state index in [2.05, 4.69) is 44.1 Å². The van der Waals surface area contributed by atoms with Gasteiger partial charge in [0.2, 0.25) is 5.89 Å². The first-order valence-electron chi connectivity index (χ1n) is 11.7. The lowest BCUT2D eigenvalue weighted by Gasteiger charge is -2.43. The van der Waals surface area contributed by atoms with Crippen LogP contribution in [0.1, 0.15) is 71.2 Å². The van der Waals surface area contributed by atoms with Crippen LogP contribution in [0.3, 0.4) is 0 Å². The predicted octanol–water partition coefficient (Wildman–Crippen LogP) is 3.69. The molecule has 3 rings (SSSR count). The second kappa shape index (κ2) is 12.9. The van der Waals surface area contributed by atoms with Crippen molar-refractivity contribution in [2.45, 2.75) is 72.1 Å². The number of rotatable bonds is 7. The zero-order valence-electron chi connectivity index (χ0n) is 19.8. The lowest BCUT2D eigenvalue weighted by atomic mass is 9.79. The van der Waals surface area contributed by atoms with E-state index >= 15 is 0 Å². The summed E-state index contributed by atoms with van der Waals surface area (Å²) < 4.78 is 10.9. The Kier molecular flexibility index (Phi) is 11.0. The highest BCUT2D eigenvalue weighted by atomic mass is 127. The molecule has 8 nitrogen and oxygen atoms in total. The molecule has 1 saturated heterocycles. The first kappa shape index (κ1) is 26.3. The minimum Gasteiger partial charge on any atom is -0.371 e. The zero-order valence-corrected chi connectivity index (χ0v) is 22.2. The van der Waals surface area contributed by atoms with Crippen LogP contribution in [0.5, 0.6) is 0 Å². The second-order valence-electron chi connectivity index (χ2n) is 8.88. The summed E-state index contributed by atoms with van der Waals surface area (Å²) in [5, 5.41) is 7.39. The largest absolute Gasteiger partial charge is 0.371 e. The van der Waals surface area contributed by atoms with Crippen molar-refractivity contribution >= 4 is 29.9 Å². The van der Waals surface area contributed by atoms with Crippen LogP contribution >= 0.6 is 24.0 Å². The predicted molar refractivity (Wildman–Crippen MR) is 134 cm³/mol. The van der Waals surface area contributed by atoms with E-state index in [1.807, 2.05) is 20.9 Å². The molecule has 0 radical (unpaired) electrons. The normalized spacial score (nSPS) is 24.2. The lowest BCUT2D eigenvalue weighted by Crippen LogP contribution is -2.55. The molecule has 178 valence electrons. The second-order valence-corrected chi connectivity index (χ2v) is 8.88. The fraction of sp³-hybridized carbons (Fsp3) is 0.864. The van der Waals surface area contributed by atoms with Crippen molar-refractivity contribution in [3.05, 3.63) is 11.7 Å². The van der Waals surface area contributed by atoms with Gasteiger partial charge >= 0.3 is 0 Å². The van der Waals surface area contributed by atoms with E-state index in [0.717, 1.165) is 50.0 Å². The number of halogens is 1.